The highest BCUT2D eigenvalue weighted by Gasteiger charge is 2.41. The Kier molecular flexibility index (Phi) is 5.44. The van der Waals surface area contributed by atoms with Crippen molar-refractivity contribution >= 4 is 5.78 Å². The van der Waals surface area contributed by atoms with Crippen LogP contribution >= 0.6 is 0 Å². The number of methoxy groups -OCH3 is 1. The summed E-state index contributed by atoms with van der Waals surface area (Å²) in [6.45, 7) is 0.884. The molecule has 4 rings (SSSR count). The smallest absolute Gasteiger partial charge is 0.170 e. The molecule has 0 amide bonds. The highest BCUT2D eigenvalue weighted by molar-refractivity contribution is 6.00. The topological polar surface area (TPSA) is 29.5 Å². The molecule has 2 heterocycles. The van der Waals surface area contributed by atoms with Crippen LogP contribution in [-0.2, 0) is 6.54 Å². The van der Waals surface area contributed by atoms with E-state index in [1.54, 1.807) is 0 Å². The van der Waals surface area contributed by atoms with Crippen molar-refractivity contribution in [2.24, 2.45) is 5.92 Å². The first kappa shape index (κ1) is 19.1. The zero-order chi connectivity index (χ0) is 19.7. The summed E-state index contributed by atoms with van der Waals surface area (Å²) < 4.78 is 32.9. The van der Waals surface area contributed by atoms with Crippen molar-refractivity contribution in [2.75, 3.05) is 7.11 Å². The molecule has 2 unspecified atom stereocenters. The van der Waals surface area contributed by atoms with E-state index in [4.69, 9.17) is 4.74 Å². The predicted molar refractivity (Wildman–Crippen MR) is 103 cm³/mol. The minimum Gasteiger partial charge on any atom is -0.493 e. The van der Waals surface area contributed by atoms with Crippen LogP contribution in [0.3, 0.4) is 0 Å². The maximum atomic E-state index is 14.0. The Morgan fingerprint density at radius 2 is 1.79 bits per heavy atom. The van der Waals surface area contributed by atoms with Gasteiger partial charge in [0.15, 0.2) is 17.3 Å². The Morgan fingerprint density at radius 3 is 2.43 bits per heavy atom. The fourth-order valence-electron chi connectivity index (χ4n) is 4.92. The van der Waals surface area contributed by atoms with Gasteiger partial charge in [-0.15, -0.1) is 0 Å². The summed E-state index contributed by atoms with van der Waals surface area (Å²) in [6.07, 6.45) is 4.73. The number of hydrogen-bond donors (Lipinski definition) is 0. The number of piperidine rings is 2. The van der Waals surface area contributed by atoms with E-state index in [1.165, 1.54) is 19.1 Å². The van der Waals surface area contributed by atoms with Crippen molar-refractivity contribution < 1.29 is 18.3 Å². The molecular formula is C23H25F2NO2. The van der Waals surface area contributed by atoms with E-state index in [-0.39, 0.29) is 23.0 Å². The maximum Gasteiger partial charge on any atom is 0.170 e. The van der Waals surface area contributed by atoms with Gasteiger partial charge in [0.2, 0.25) is 0 Å². The number of fused-ring (bicyclic) bond motifs is 2. The molecule has 0 aliphatic carbocycles. The van der Waals surface area contributed by atoms with Crippen LogP contribution in [0.15, 0.2) is 42.5 Å². The molecule has 3 nitrogen and oxygen atoms in total. The van der Waals surface area contributed by atoms with Crippen molar-refractivity contribution in [3.63, 3.8) is 0 Å². The van der Waals surface area contributed by atoms with Crippen LogP contribution in [0.25, 0.3) is 0 Å². The first-order chi connectivity index (χ1) is 13.6. The molecule has 2 aliphatic heterocycles. The van der Waals surface area contributed by atoms with Crippen LogP contribution in [0, 0.1) is 17.6 Å². The predicted octanol–water partition coefficient (Wildman–Crippen LogP) is 4.99. The number of carbonyl (C=O) groups excluding carboxylic acids is 1. The van der Waals surface area contributed by atoms with Crippen molar-refractivity contribution in [3.05, 3.63) is 65.2 Å². The number of halogens is 2. The van der Waals surface area contributed by atoms with Gasteiger partial charge >= 0.3 is 0 Å². The zero-order valence-electron chi connectivity index (χ0n) is 16.0. The van der Waals surface area contributed by atoms with Crippen molar-refractivity contribution in [1.82, 2.24) is 4.90 Å². The zero-order valence-corrected chi connectivity index (χ0v) is 16.0. The van der Waals surface area contributed by atoms with E-state index in [2.05, 4.69) is 17.0 Å². The van der Waals surface area contributed by atoms with Gasteiger partial charge in [0.05, 0.1) is 12.7 Å². The van der Waals surface area contributed by atoms with E-state index in [9.17, 15) is 13.6 Å². The second kappa shape index (κ2) is 8.00. The quantitative estimate of drug-likeness (QED) is 0.679. The third-order valence-electron chi connectivity index (χ3n) is 6.18. The summed E-state index contributed by atoms with van der Waals surface area (Å²) in [4.78, 5) is 15.7. The molecule has 2 bridgehead atoms. The van der Waals surface area contributed by atoms with Crippen LogP contribution in [-0.4, -0.2) is 29.9 Å². The van der Waals surface area contributed by atoms with E-state index >= 15 is 0 Å². The molecule has 0 N–H and O–H groups in total. The maximum absolute atomic E-state index is 14.0. The molecule has 2 aromatic rings. The lowest BCUT2D eigenvalue weighted by Crippen LogP contribution is -2.52. The van der Waals surface area contributed by atoms with Gasteiger partial charge < -0.3 is 4.74 Å². The number of rotatable bonds is 5. The number of ketones is 1. The number of carbonyl (C=O) groups is 1. The summed E-state index contributed by atoms with van der Waals surface area (Å²) in [6, 6.07) is 12.9. The molecular weight excluding hydrogens is 360 g/mol. The van der Waals surface area contributed by atoms with Crippen LogP contribution in [0.4, 0.5) is 8.78 Å². The van der Waals surface area contributed by atoms with Gasteiger partial charge in [0.1, 0.15) is 5.82 Å². The summed E-state index contributed by atoms with van der Waals surface area (Å²) in [5.41, 5.74) is 1.30. The van der Waals surface area contributed by atoms with Gasteiger partial charge in [0.25, 0.3) is 0 Å². The van der Waals surface area contributed by atoms with Gasteiger partial charge in [-0.05, 0) is 37.3 Å². The normalized spacial score (nSPS) is 24.8. The average molecular weight is 385 g/mol. The molecule has 0 radical (unpaired) electrons. The fraction of sp³-hybridized carbons (Fsp3) is 0.435. The summed E-state index contributed by atoms with van der Waals surface area (Å²) in [5, 5.41) is 0. The second-order valence-corrected chi connectivity index (χ2v) is 7.90. The summed E-state index contributed by atoms with van der Waals surface area (Å²) in [5.74, 6) is -2.15. The lowest BCUT2D eigenvalue weighted by atomic mass is 9.75. The largest absolute Gasteiger partial charge is 0.493 e. The molecule has 2 fully saturated rings. The van der Waals surface area contributed by atoms with Crippen molar-refractivity contribution in [2.45, 2.75) is 50.7 Å². The summed E-state index contributed by atoms with van der Waals surface area (Å²) in [7, 11) is 1.31. The number of benzene rings is 2. The Balaban J connectivity index is 1.55. The Hall–Kier alpha value is -2.27. The Bertz CT molecular complexity index is 841. The lowest BCUT2D eigenvalue weighted by Gasteiger charge is -2.48. The highest BCUT2D eigenvalue weighted by Crippen LogP contribution is 2.40. The molecule has 2 saturated heterocycles. The standard InChI is InChI=1S/C23H25F2NO2/c1-28-23-20(12-17(24)13-21(23)25)22(27)16-10-18-8-5-9-19(11-16)26(18)14-15-6-3-2-4-7-15/h2-4,6-7,12-13,16,18-19H,5,8-11,14H2,1H3. The van der Waals surface area contributed by atoms with E-state index in [1.807, 2.05) is 18.2 Å². The van der Waals surface area contributed by atoms with Crippen LogP contribution in [0.5, 0.6) is 5.75 Å². The molecule has 0 spiro atoms. The fourth-order valence-corrected chi connectivity index (χ4v) is 4.92. The van der Waals surface area contributed by atoms with Crippen molar-refractivity contribution in [1.29, 1.82) is 0 Å². The average Bonchev–Trinajstić information content (AvgIpc) is 2.67. The van der Waals surface area contributed by atoms with Gasteiger partial charge in [-0.25, -0.2) is 8.78 Å². The van der Waals surface area contributed by atoms with E-state index in [0.717, 1.165) is 44.4 Å². The lowest BCUT2D eigenvalue weighted by molar-refractivity contribution is 0.00896. The SMILES string of the molecule is COc1c(F)cc(F)cc1C(=O)C1CC2CCCC(C1)N2Cc1ccccc1. The van der Waals surface area contributed by atoms with Gasteiger partial charge in [-0.1, -0.05) is 36.8 Å². The molecule has 148 valence electrons. The molecule has 2 aliphatic rings. The van der Waals surface area contributed by atoms with Gasteiger partial charge in [-0.2, -0.15) is 0 Å². The first-order valence-electron chi connectivity index (χ1n) is 9.93. The van der Waals surface area contributed by atoms with Crippen LogP contribution in [0.1, 0.15) is 48.0 Å². The van der Waals surface area contributed by atoms with Gasteiger partial charge in [0, 0.05) is 30.6 Å². The number of nitrogens with zero attached hydrogens (tertiary/aromatic N) is 1. The van der Waals surface area contributed by atoms with Crippen molar-refractivity contribution in [3.8, 4) is 5.75 Å². The molecule has 5 heteroatoms. The number of Topliss-reactive ketones (excluding diaryl/α,β-unsaturated/α-hetero) is 1. The minimum absolute atomic E-state index is 0.0274. The van der Waals surface area contributed by atoms with Gasteiger partial charge in [-0.3, -0.25) is 9.69 Å². The first-order valence-corrected chi connectivity index (χ1v) is 9.93. The third kappa shape index (κ3) is 3.68. The Morgan fingerprint density at radius 1 is 1.11 bits per heavy atom. The molecule has 0 saturated carbocycles. The van der Waals surface area contributed by atoms with Crippen LogP contribution in [0.2, 0.25) is 0 Å². The highest BCUT2D eigenvalue weighted by atomic mass is 19.1. The monoisotopic (exact) mass is 385 g/mol. The Labute approximate surface area is 164 Å². The number of ether oxygens (including phenoxy) is 1. The van der Waals surface area contributed by atoms with E-state index < -0.39 is 11.6 Å². The van der Waals surface area contributed by atoms with Crippen LogP contribution < -0.4 is 4.74 Å². The summed E-state index contributed by atoms with van der Waals surface area (Å²) >= 11 is 0. The molecule has 28 heavy (non-hydrogen) atoms. The number of hydrogen-bond acceptors (Lipinski definition) is 3. The molecule has 2 atom stereocenters. The third-order valence-corrected chi connectivity index (χ3v) is 6.18. The van der Waals surface area contributed by atoms with E-state index in [0.29, 0.717) is 12.1 Å². The second-order valence-electron chi connectivity index (χ2n) is 7.90. The minimum atomic E-state index is -0.826. The molecule has 2 aromatic carbocycles. The molecule has 0 aromatic heterocycles.